The summed E-state index contributed by atoms with van der Waals surface area (Å²) in [6.45, 7) is 10.7. The van der Waals surface area contributed by atoms with Crippen LogP contribution in [0.4, 0.5) is 0 Å². The molecule has 1 aliphatic rings. The van der Waals surface area contributed by atoms with Gasteiger partial charge in [-0.2, -0.15) is 0 Å². The number of morpholine rings is 1. The molecule has 0 radical (unpaired) electrons. The second kappa shape index (κ2) is 3.95. The highest BCUT2D eigenvalue weighted by Crippen LogP contribution is 2.20. The van der Waals surface area contributed by atoms with Crippen LogP contribution in [0.1, 0.15) is 27.7 Å². The van der Waals surface area contributed by atoms with Crippen LogP contribution in [0.25, 0.3) is 0 Å². The van der Waals surface area contributed by atoms with Crippen molar-refractivity contribution < 1.29 is 9.84 Å². The van der Waals surface area contributed by atoms with Crippen LogP contribution in [0.5, 0.6) is 0 Å². The Bertz CT molecular complexity index is 166. The van der Waals surface area contributed by atoms with Gasteiger partial charge < -0.3 is 9.84 Å². The Morgan fingerprint density at radius 2 is 2.23 bits per heavy atom. The van der Waals surface area contributed by atoms with Gasteiger partial charge in [-0.3, -0.25) is 4.90 Å². The molecular weight excluding hydrogens is 166 g/mol. The van der Waals surface area contributed by atoms with Crippen molar-refractivity contribution >= 4 is 0 Å². The Balaban J connectivity index is 2.48. The quantitative estimate of drug-likeness (QED) is 0.696. The molecule has 0 saturated carbocycles. The monoisotopic (exact) mass is 187 g/mol. The van der Waals surface area contributed by atoms with Crippen molar-refractivity contribution in [3.8, 4) is 0 Å². The first kappa shape index (κ1) is 11.0. The molecule has 78 valence electrons. The minimum absolute atomic E-state index is 0.0768. The molecule has 0 aromatic heterocycles. The smallest absolute Gasteiger partial charge is 0.0757 e. The van der Waals surface area contributed by atoms with E-state index in [4.69, 9.17) is 4.74 Å². The van der Waals surface area contributed by atoms with Crippen molar-refractivity contribution in [2.75, 3.05) is 19.6 Å². The number of rotatable bonds is 2. The number of nitrogens with zero attached hydrogens (tertiary/aromatic N) is 1. The number of ether oxygens (including phenoxy) is 1. The first-order chi connectivity index (χ1) is 5.89. The Morgan fingerprint density at radius 3 is 2.69 bits per heavy atom. The van der Waals surface area contributed by atoms with Gasteiger partial charge in [-0.25, -0.2) is 0 Å². The number of hydrogen-bond donors (Lipinski definition) is 1. The molecule has 0 aliphatic carbocycles. The maximum atomic E-state index is 9.28. The zero-order valence-corrected chi connectivity index (χ0v) is 9.08. The first-order valence-corrected chi connectivity index (χ1v) is 4.97. The third-order valence-corrected chi connectivity index (χ3v) is 2.16. The summed E-state index contributed by atoms with van der Waals surface area (Å²) in [7, 11) is 0. The molecule has 1 aliphatic heterocycles. The van der Waals surface area contributed by atoms with Gasteiger partial charge in [0.25, 0.3) is 0 Å². The Kier molecular flexibility index (Phi) is 3.33. The molecule has 1 saturated heterocycles. The second-order valence-corrected chi connectivity index (χ2v) is 4.73. The lowest BCUT2D eigenvalue weighted by Crippen LogP contribution is -2.53. The van der Waals surface area contributed by atoms with E-state index in [1.807, 2.05) is 6.92 Å². The lowest BCUT2D eigenvalue weighted by Gasteiger charge is -2.42. The summed E-state index contributed by atoms with van der Waals surface area (Å²) in [6, 6.07) is 0. The van der Waals surface area contributed by atoms with Crippen molar-refractivity contribution in [1.82, 2.24) is 4.90 Å². The van der Waals surface area contributed by atoms with E-state index >= 15 is 0 Å². The van der Waals surface area contributed by atoms with Gasteiger partial charge in [-0.15, -0.1) is 0 Å². The van der Waals surface area contributed by atoms with Crippen LogP contribution in [0, 0.1) is 0 Å². The van der Waals surface area contributed by atoms with Crippen LogP contribution >= 0.6 is 0 Å². The van der Waals surface area contributed by atoms with Crippen LogP contribution in [-0.2, 0) is 4.74 Å². The maximum Gasteiger partial charge on any atom is 0.0757 e. The molecule has 1 unspecified atom stereocenters. The number of hydrogen-bond acceptors (Lipinski definition) is 3. The van der Waals surface area contributed by atoms with E-state index in [9.17, 15) is 5.11 Å². The molecule has 1 N–H and O–H groups in total. The Hall–Kier alpha value is -0.120. The van der Waals surface area contributed by atoms with Crippen molar-refractivity contribution in [3.63, 3.8) is 0 Å². The molecule has 1 rings (SSSR count). The predicted molar refractivity (Wildman–Crippen MR) is 52.7 cm³/mol. The lowest BCUT2D eigenvalue weighted by molar-refractivity contribution is -0.133. The fourth-order valence-electron chi connectivity index (χ4n) is 2.10. The normalized spacial score (nSPS) is 31.6. The average Bonchev–Trinajstić information content (AvgIpc) is 1.78. The van der Waals surface area contributed by atoms with Crippen molar-refractivity contribution in [3.05, 3.63) is 0 Å². The van der Waals surface area contributed by atoms with Gasteiger partial charge >= 0.3 is 0 Å². The largest absolute Gasteiger partial charge is 0.392 e. The lowest BCUT2D eigenvalue weighted by atomic mass is 10.1. The number of β-amino-alcohol motifs (C(OH)–C–C–N with tert-alkyl or cyclic N) is 1. The molecule has 1 fully saturated rings. The zero-order chi connectivity index (χ0) is 10.1. The minimum atomic E-state index is -0.249. The maximum absolute atomic E-state index is 9.28. The molecule has 0 aromatic carbocycles. The zero-order valence-electron chi connectivity index (χ0n) is 9.08. The molecule has 3 heteroatoms. The fourth-order valence-corrected chi connectivity index (χ4v) is 2.10. The highest BCUT2D eigenvalue weighted by atomic mass is 16.5. The van der Waals surface area contributed by atoms with Gasteiger partial charge in [0, 0.05) is 19.6 Å². The van der Waals surface area contributed by atoms with E-state index in [0.29, 0.717) is 0 Å². The van der Waals surface area contributed by atoms with Crippen LogP contribution < -0.4 is 0 Å². The third kappa shape index (κ3) is 3.63. The van der Waals surface area contributed by atoms with Crippen molar-refractivity contribution in [1.29, 1.82) is 0 Å². The van der Waals surface area contributed by atoms with E-state index < -0.39 is 0 Å². The summed E-state index contributed by atoms with van der Waals surface area (Å²) in [6.07, 6.45) is 0.0172. The summed E-state index contributed by atoms with van der Waals surface area (Å²) in [5, 5.41) is 9.28. The molecule has 1 heterocycles. The van der Waals surface area contributed by atoms with E-state index in [1.165, 1.54) is 0 Å². The van der Waals surface area contributed by atoms with E-state index in [2.05, 4.69) is 25.7 Å². The van der Waals surface area contributed by atoms with E-state index in [1.54, 1.807) is 0 Å². The second-order valence-electron chi connectivity index (χ2n) is 4.73. The summed E-state index contributed by atoms with van der Waals surface area (Å²) in [4.78, 5) is 2.26. The summed E-state index contributed by atoms with van der Waals surface area (Å²) < 4.78 is 5.76. The molecule has 3 nitrogen and oxygen atoms in total. The van der Waals surface area contributed by atoms with Crippen LogP contribution in [-0.4, -0.2) is 47.4 Å². The van der Waals surface area contributed by atoms with Gasteiger partial charge in [0.2, 0.25) is 0 Å². The fraction of sp³-hybridized carbons (Fsp3) is 1.00. The molecule has 0 bridgehead atoms. The predicted octanol–water partition coefficient (Wildman–Crippen LogP) is 0.866. The summed E-state index contributed by atoms with van der Waals surface area (Å²) in [5.41, 5.74) is -0.0768. The van der Waals surface area contributed by atoms with Crippen LogP contribution in [0.2, 0.25) is 0 Å². The van der Waals surface area contributed by atoms with Gasteiger partial charge in [-0.1, -0.05) is 0 Å². The topological polar surface area (TPSA) is 32.7 Å². The number of aliphatic hydroxyl groups is 1. The molecule has 13 heavy (non-hydrogen) atoms. The average molecular weight is 187 g/mol. The van der Waals surface area contributed by atoms with Gasteiger partial charge in [0.15, 0.2) is 0 Å². The van der Waals surface area contributed by atoms with Gasteiger partial charge in [0.05, 0.1) is 17.8 Å². The third-order valence-electron chi connectivity index (χ3n) is 2.16. The Morgan fingerprint density at radius 1 is 1.62 bits per heavy atom. The highest BCUT2D eigenvalue weighted by molar-refractivity contribution is 4.82. The van der Waals surface area contributed by atoms with Crippen LogP contribution in [0.3, 0.4) is 0 Å². The molecule has 0 amide bonds. The molecule has 0 aromatic rings. The molecular formula is C10H21NO2. The van der Waals surface area contributed by atoms with Gasteiger partial charge in [-0.05, 0) is 27.7 Å². The SMILES string of the molecule is CC1CN(C[C@@H](C)O)CC(C)(C)O1. The van der Waals surface area contributed by atoms with Crippen molar-refractivity contribution in [2.45, 2.75) is 45.5 Å². The van der Waals surface area contributed by atoms with E-state index in [-0.39, 0.29) is 17.8 Å². The molecule has 0 spiro atoms. The van der Waals surface area contributed by atoms with Crippen LogP contribution in [0.15, 0.2) is 0 Å². The first-order valence-electron chi connectivity index (χ1n) is 4.97. The Labute approximate surface area is 80.7 Å². The molecule has 2 atom stereocenters. The summed E-state index contributed by atoms with van der Waals surface area (Å²) in [5.74, 6) is 0. The van der Waals surface area contributed by atoms with Crippen molar-refractivity contribution in [2.24, 2.45) is 0 Å². The van der Waals surface area contributed by atoms with E-state index in [0.717, 1.165) is 19.6 Å². The highest BCUT2D eigenvalue weighted by Gasteiger charge is 2.31. The minimum Gasteiger partial charge on any atom is -0.392 e. The standard InChI is InChI=1S/C10H21NO2/c1-8(12)5-11-6-9(2)13-10(3,4)7-11/h8-9,12H,5-7H2,1-4H3/t8-,9?/m1/s1. The summed E-state index contributed by atoms with van der Waals surface area (Å²) >= 11 is 0. The van der Waals surface area contributed by atoms with Gasteiger partial charge in [0.1, 0.15) is 0 Å². The number of aliphatic hydroxyl groups excluding tert-OH is 1.